The summed E-state index contributed by atoms with van der Waals surface area (Å²) in [4.78, 5) is 62.3. The van der Waals surface area contributed by atoms with Crippen LogP contribution in [0.2, 0.25) is 0 Å². The van der Waals surface area contributed by atoms with Crippen LogP contribution in [0.1, 0.15) is 92.4 Å². The first-order valence-corrected chi connectivity index (χ1v) is 21.6. The molecule has 13 heteroatoms. The molecule has 318 valence electrons. The van der Waals surface area contributed by atoms with E-state index in [2.05, 4.69) is 61.6 Å². The van der Waals surface area contributed by atoms with E-state index in [-0.39, 0.29) is 23.9 Å². The zero-order chi connectivity index (χ0) is 42.8. The number of piperidine rings is 1. The molecule has 4 atom stereocenters. The molecule has 0 spiro atoms. The summed E-state index contributed by atoms with van der Waals surface area (Å²) in [6.07, 6.45) is 6.90. The van der Waals surface area contributed by atoms with Crippen LogP contribution < -0.4 is 5.32 Å². The highest BCUT2D eigenvalue weighted by Crippen LogP contribution is 2.38. The van der Waals surface area contributed by atoms with Gasteiger partial charge in [0.15, 0.2) is 0 Å². The van der Waals surface area contributed by atoms with Gasteiger partial charge in [-0.3, -0.25) is 14.5 Å². The molecule has 62 heavy (non-hydrogen) atoms. The molecule has 0 radical (unpaired) electrons. The molecule has 5 N–H and O–H groups in total. The predicted octanol–water partition coefficient (Wildman–Crippen LogP) is 8.06. The first-order valence-electron chi connectivity index (χ1n) is 21.6. The molecule has 0 saturated carbocycles. The van der Waals surface area contributed by atoms with E-state index in [0.717, 1.165) is 70.7 Å². The van der Waals surface area contributed by atoms with Gasteiger partial charge in [0.05, 0.1) is 41.5 Å². The molecule has 3 aliphatic rings. The van der Waals surface area contributed by atoms with Gasteiger partial charge in [0.25, 0.3) is 5.91 Å². The summed E-state index contributed by atoms with van der Waals surface area (Å²) in [6, 6.07) is 33.7. The average Bonchev–Trinajstić information content (AvgIpc) is 4.14. The molecule has 4 aromatic carbocycles. The molecule has 3 saturated heterocycles. The summed E-state index contributed by atoms with van der Waals surface area (Å²) < 4.78 is 0. The number of nitrogens with zero attached hydrogens (tertiary/aromatic N) is 5. The van der Waals surface area contributed by atoms with Gasteiger partial charge in [-0.1, -0.05) is 109 Å². The first-order chi connectivity index (χ1) is 30.1. The highest BCUT2D eigenvalue weighted by atomic mass is 16.4. The van der Waals surface area contributed by atoms with Gasteiger partial charge in [-0.25, -0.2) is 14.8 Å². The number of hydrogen-bond donors (Lipinski definition) is 5. The Kier molecular flexibility index (Phi) is 11.5. The van der Waals surface area contributed by atoms with Crippen molar-refractivity contribution in [3.8, 4) is 33.6 Å². The SMILES string of the molecule is CC1(O)CCN([C@@H](C(=O)N2CCC[C@H]2c2ncc(-c3ccc(-c4ccc(-c5cnc([C@@H]6CCCN6C(=O)[C@H](NC(=O)O)c6ccccc6)[nH]5)cc4)cc3)[nH]2)c2ccccc2)CC1. The fourth-order valence-electron chi connectivity index (χ4n) is 9.41. The van der Waals surface area contributed by atoms with Crippen LogP contribution >= 0.6 is 0 Å². The van der Waals surface area contributed by atoms with Crippen LogP contribution in [0, 0.1) is 0 Å². The van der Waals surface area contributed by atoms with Crippen molar-refractivity contribution in [1.29, 1.82) is 0 Å². The molecule has 3 fully saturated rings. The second-order valence-electron chi connectivity index (χ2n) is 17.0. The third-order valence-electron chi connectivity index (χ3n) is 12.9. The normalized spacial score (nSPS) is 19.9. The number of amides is 3. The van der Waals surface area contributed by atoms with E-state index in [4.69, 9.17) is 4.98 Å². The monoisotopic (exact) mass is 832 g/mol. The molecule has 5 heterocycles. The van der Waals surface area contributed by atoms with E-state index in [1.54, 1.807) is 35.4 Å². The third kappa shape index (κ3) is 8.50. The van der Waals surface area contributed by atoms with Crippen molar-refractivity contribution in [2.24, 2.45) is 0 Å². The number of aliphatic hydroxyl groups is 1. The predicted molar refractivity (Wildman–Crippen MR) is 235 cm³/mol. The molecular formula is C49H52N8O5. The Balaban J connectivity index is 0.860. The summed E-state index contributed by atoms with van der Waals surface area (Å²) in [5, 5.41) is 22.6. The summed E-state index contributed by atoms with van der Waals surface area (Å²) >= 11 is 0. The van der Waals surface area contributed by atoms with E-state index in [9.17, 15) is 24.6 Å². The van der Waals surface area contributed by atoms with E-state index >= 15 is 0 Å². The van der Waals surface area contributed by atoms with Crippen LogP contribution in [0.5, 0.6) is 0 Å². The number of aromatic amines is 2. The Hall–Kier alpha value is -6.57. The van der Waals surface area contributed by atoms with E-state index < -0.39 is 23.8 Å². The molecule has 0 bridgehead atoms. The van der Waals surface area contributed by atoms with Crippen LogP contribution in [-0.4, -0.2) is 94.5 Å². The molecule has 9 rings (SSSR count). The average molecular weight is 833 g/mol. The van der Waals surface area contributed by atoms with Crippen LogP contribution in [0.3, 0.4) is 0 Å². The number of carbonyl (C=O) groups is 3. The molecule has 3 amide bonds. The van der Waals surface area contributed by atoms with Crippen molar-refractivity contribution in [1.82, 2.24) is 40.0 Å². The van der Waals surface area contributed by atoms with Crippen molar-refractivity contribution in [3.05, 3.63) is 144 Å². The Bertz CT molecular complexity index is 2490. The molecule has 3 aliphatic heterocycles. The van der Waals surface area contributed by atoms with Gasteiger partial charge in [0.2, 0.25) is 5.91 Å². The number of imidazole rings is 2. The number of likely N-dealkylation sites (tertiary alicyclic amines) is 3. The quantitative estimate of drug-likeness (QED) is 0.0873. The zero-order valence-corrected chi connectivity index (χ0v) is 34.8. The number of H-pyrrole nitrogens is 2. The fraction of sp³-hybridized carbons (Fsp3) is 0.327. The van der Waals surface area contributed by atoms with Crippen molar-refractivity contribution >= 4 is 17.9 Å². The lowest BCUT2D eigenvalue weighted by Gasteiger charge is -2.41. The number of rotatable bonds is 11. The second-order valence-corrected chi connectivity index (χ2v) is 17.0. The van der Waals surface area contributed by atoms with Gasteiger partial charge in [0, 0.05) is 26.2 Å². The largest absolute Gasteiger partial charge is 0.465 e. The van der Waals surface area contributed by atoms with E-state index in [1.807, 2.05) is 66.6 Å². The Morgan fingerprint density at radius 3 is 1.58 bits per heavy atom. The van der Waals surface area contributed by atoms with Crippen LogP contribution in [-0.2, 0) is 9.59 Å². The number of nitrogens with one attached hydrogen (secondary N) is 3. The smallest absolute Gasteiger partial charge is 0.405 e. The first kappa shape index (κ1) is 40.8. The van der Waals surface area contributed by atoms with Crippen molar-refractivity contribution in [3.63, 3.8) is 0 Å². The summed E-state index contributed by atoms with van der Waals surface area (Å²) in [7, 11) is 0. The number of benzene rings is 4. The lowest BCUT2D eigenvalue weighted by atomic mass is 9.91. The summed E-state index contributed by atoms with van der Waals surface area (Å²) in [5.41, 5.74) is 6.66. The molecule has 6 aromatic rings. The lowest BCUT2D eigenvalue weighted by Crippen LogP contribution is -2.49. The minimum absolute atomic E-state index is 0.0819. The maximum absolute atomic E-state index is 14.5. The minimum atomic E-state index is -1.25. The van der Waals surface area contributed by atoms with Gasteiger partial charge in [-0.05, 0) is 78.8 Å². The van der Waals surface area contributed by atoms with E-state index in [1.165, 1.54) is 0 Å². The van der Waals surface area contributed by atoms with Gasteiger partial charge >= 0.3 is 6.09 Å². The number of carboxylic acid groups (broad SMARTS) is 1. The highest BCUT2D eigenvalue weighted by molar-refractivity contribution is 5.87. The fourth-order valence-corrected chi connectivity index (χ4v) is 9.41. The van der Waals surface area contributed by atoms with Crippen LogP contribution in [0.25, 0.3) is 33.6 Å². The Morgan fingerprint density at radius 1 is 0.645 bits per heavy atom. The molecule has 13 nitrogen and oxygen atoms in total. The maximum atomic E-state index is 14.5. The number of hydrogen-bond acceptors (Lipinski definition) is 7. The minimum Gasteiger partial charge on any atom is -0.465 e. The van der Waals surface area contributed by atoms with Gasteiger partial charge < -0.3 is 35.3 Å². The summed E-state index contributed by atoms with van der Waals surface area (Å²) in [5.74, 6) is 1.25. The van der Waals surface area contributed by atoms with Crippen LogP contribution in [0.15, 0.2) is 122 Å². The molecule has 2 aromatic heterocycles. The Labute approximate surface area is 360 Å². The molecular weight excluding hydrogens is 781 g/mol. The summed E-state index contributed by atoms with van der Waals surface area (Å²) in [6.45, 7) is 4.38. The highest BCUT2D eigenvalue weighted by Gasteiger charge is 2.41. The van der Waals surface area contributed by atoms with Gasteiger partial charge in [-0.15, -0.1) is 0 Å². The number of carbonyl (C=O) groups excluding carboxylic acids is 2. The van der Waals surface area contributed by atoms with E-state index in [0.29, 0.717) is 50.4 Å². The second kappa shape index (κ2) is 17.4. The zero-order valence-electron chi connectivity index (χ0n) is 34.8. The topological polar surface area (TPSA) is 171 Å². The van der Waals surface area contributed by atoms with Crippen molar-refractivity contribution in [2.45, 2.75) is 75.2 Å². The molecule has 0 unspecified atom stereocenters. The van der Waals surface area contributed by atoms with Gasteiger partial charge in [0.1, 0.15) is 23.7 Å². The number of aromatic nitrogens is 4. The lowest BCUT2D eigenvalue weighted by molar-refractivity contribution is -0.140. The standard InChI is InChI=1S/C49H52N8O5/c1-49(62)24-28-55(29-25-49)43(37-12-6-3-7-13-37)47(59)57-27-9-15-41(57)45-51-31-39(53-45)35-22-18-33(19-23-35)32-16-20-34(21-17-32)38-30-50-44(52-38)40-14-8-26-56(40)46(58)42(54-48(60)61)36-10-4-2-5-11-36/h2-7,10-13,16-23,30-31,40-43,54,62H,8-9,14-15,24-29H2,1H3,(H,50,52)(H,51,53)(H,60,61)/t40-,41-,42+,43+/m0/s1. The maximum Gasteiger partial charge on any atom is 0.405 e. The molecule has 0 aliphatic carbocycles. The van der Waals surface area contributed by atoms with Crippen molar-refractivity contribution in [2.75, 3.05) is 26.2 Å². The van der Waals surface area contributed by atoms with Crippen LogP contribution in [0.4, 0.5) is 4.79 Å². The Morgan fingerprint density at radius 2 is 1.10 bits per heavy atom. The van der Waals surface area contributed by atoms with Crippen molar-refractivity contribution < 1.29 is 24.6 Å². The third-order valence-corrected chi connectivity index (χ3v) is 12.9. The van der Waals surface area contributed by atoms with Gasteiger partial charge in [-0.2, -0.15) is 0 Å².